The van der Waals surface area contributed by atoms with Gasteiger partial charge in [-0.2, -0.15) is 0 Å². The van der Waals surface area contributed by atoms with Gasteiger partial charge in [0.1, 0.15) is 0 Å². The maximum absolute atomic E-state index is 11.8. The summed E-state index contributed by atoms with van der Waals surface area (Å²) in [5, 5.41) is 10.9. The van der Waals surface area contributed by atoms with E-state index in [0.717, 1.165) is 57.2 Å². The number of carbonyl (C=O) groups is 1. The highest BCUT2D eigenvalue weighted by Crippen LogP contribution is 2.67. The molecule has 3 saturated carbocycles. The second-order valence-electron chi connectivity index (χ2n) is 10.0. The summed E-state index contributed by atoms with van der Waals surface area (Å²) < 4.78 is 4.83. The first-order valence-corrected chi connectivity index (χ1v) is 11.2. The summed E-state index contributed by atoms with van der Waals surface area (Å²) in [5.41, 5.74) is 1.32. The third-order valence-corrected chi connectivity index (χ3v) is 8.93. The Kier molecular flexibility index (Phi) is 5.95. The SMILES string of the molecule is CCOCC.C[C@]12CCC(=O)C=C1CC[C@@H]1[C@@H]2CC[C@@]2(C)[C@H]1CC[C@]2(C)O. The minimum absolute atomic E-state index is 0.107. The van der Waals surface area contributed by atoms with Crippen LogP contribution in [0.15, 0.2) is 11.6 Å². The van der Waals surface area contributed by atoms with Gasteiger partial charge in [0, 0.05) is 19.6 Å². The highest BCUT2D eigenvalue weighted by Gasteiger charge is 2.62. The number of ether oxygens (including phenoxy) is 1. The Morgan fingerprint density at radius 1 is 1.00 bits per heavy atom. The van der Waals surface area contributed by atoms with E-state index in [0.29, 0.717) is 11.7 Å². The van der Waals surface area contributed by atoms with Crippen molar-refractivity contribution in [1.29, 1.82) is 0 Å². The number of aliphatic hydroxyl groups is 1. The number of hydrogen-bond donors (Lipinski definition) is 1. The van der Waals surface area contributed by atoms with Gasteiger partial charge in [-0.05, 0) is 100 Å². The standard InChI is InChI=1S/C20H30O2.C4H10O/c1-18-9-6-14(21)12-13(18)4-5-15-16(18)7-10-19(2)17(15)8-11-20(19,3)22;1-3-5-4-2/h12,15-17,22H,4-11H2,1-3H3;3-4H2,1-2H3/t15-,16+,17+,18+,19+,20+;/m1./s1. The van der Waals surface area contributed by atoms with Gasteiger partial charge in [-0.3, -0.25) is 4.79 Å². The predicted octanol–water partition coefficient (Wildman–Crippen LogP) is 5.31. The Labute approximate surface area is 165 Å². The third-order valence-electron chi connectivity index (χ3n) is 8.93. The van der Waals surface area contributed by atoms with E-state index in [1.165, 1.54) is 24.8 Å². The lowest BCUT2D eigenvalue weighted by molar-refractivity contribution is -0.124. The third kappa shape index (κ3) is 3.44. The molecule has 0 saturated heterocycles. The molecule has 27 heavy (non-hydrogen) atoms. The number of rotatable bonds is 2. The zero-order chi connectivity index (χ0) is 19.9. The Morgan fingerprint density at radius 3 is 2.30 bits per heavy atom. The highest BCUT2D eigenvalue weighted by molar-refractivity contribution is 5.91. The minimum Gasteiger partial charge on any atom is -0.390 e. The first-order valence-electron chi connectivity index (χ1n) is 11.2. The molecule has 4 aliphatic carbocycles. The van der Waals surface area contributed by atoms with Crippen LogP contribution in [0.5, 0.6) is 0 Å². The van der Waals surface area contributed by atoms with E-state index in [-0.39, 0.29) is 10.8 Å². The molecule has 1 N–H and O–H groups in total. The van der Waals surface area contributed by atoms with Gasteiger partial charge in [-0.1, -0.05) is 19.4 Å². The van der Waals surface area contributed by atoms with Crippen molar-refractivity contribution in [2.45, 2.75) is 91.6 Å². The number of carbonyl (C=O) groups excluding carboxylic acids is 1. The van der Waals surface area contributed by atoms with E-state index in [1.807, 2.05) is 19.9 Å². The minimum atomic E-state index is -0.484. The fraction of sp³-hybridized carbons (Fsp3) is 0.875. The Hall–Kier alpha value is -0.670. The van der Waals surface area contributed by atoms with Crippen LogP contribution in [0.1, 0.15) is 86.0 Å². The van der Waals surface area contributed by atoms with E-state index >= 15 is 0 Å². The van der Waals surface area contributed by atoms with Crippen molar-refractivity contribution in [3.05, 3.63) is 11.6 Å². The second kappa shape index (κ2) is 7.63. The monoisotopic (exact) mass is 376 g/mol. The first-order chi connectivity index (χ1) is 12.7. The Bertz CT molecular complexity index is 590. The molecule has 0 heterocycles. The zero-order valence-corrected chi connectivity index (χ0v) is 18.1. The first kappa shape index (κ1) is 21.0. The summed E-state index contributed by atoms with van der Waals surface area (Å²) in [5.74, 6) is 2.50. The summed E-state index contributed by atoms with van der Waals surface area (Å²) in [7, 11) is 0. The van der Waals surface area contributed by atoms with Crippen LogP contribution in [0, 0.1) is 28.6 Å². The molecule has 0 aliphatic heterocycles. The van der Waals surface area contributed by atoms with E-state index in [1.54, 1.807) is 0 Å². The van der Waals surface area contributed by atoms with E-state index < -0.39 is 5.60 Å². The van der Waals surface area contributed by atoms with Crippen molar-refractivity contribution in [1.82, 2.24) is 0 Å². The maximum atomic E-state index is 11.8. The quantitative estimate of drug-likeness (QED) is 0.710. The smallest absolute Gasteiger partial charge is 0.155 e. The highest BCUT2D eigenvalue weighted by atomic mass is 16.5. The largest absolute Gasteiger partial charge is 0.390 e. The second-order valence-corrected chi connectivity index (χ2v) is 10.0. The molecule has 0 bridgehead atoms. The molecule has 3 nitrogen and oxygen atoms in total. The molecule has 0 aromatic carbocycles. The van der Waals surface area contributed by atoms with Crippen LogP contribution in [-0.4, -0.2) is 29.7 Å². The van der Waals surface area contributed by atoms with Gasteiger partial charge in [0.15, 0.2) is 5.78 Å². The lowest BCUT2D eigenvalue weighted by atomic mass is 9.46. The van der Waals surface area contributed by atoms with Crippen LogP contribution in [-0.2, 0) is 9.53 Å². The molecule has 4 aliphatic rings. The molecule has 0 amide bonds. The molecule has 0 radical (unpaired) electrons. The van der Waals surface area contributed by atoms with Crippen molar-refractivity contribution in [3.63, 3.8) is 0 Å². The summed E-state index contributed by atoms with van der Waals surface area (Å²) in [6.07, 6.45) is 10.7. The van der Waals surface area contributed by atoms with Crippen LogP contribution >= 0.6 is 0 Å². The number of allylic oxidation sites excluding steroid dienone is 1. The number of ketones is 1. The molecule has 154 valence electrons. The summed E-state index contributed by atoms with van der Waals surface area (Å²) in [6.45, 7) is 12.5. The fourth-order valence-electron chi connectivity index (χ4n) is 7.01. The zero-order valence-electron chi connectivity index (χ0n) is 18.1. The van der Waals surface area contributed by atoms with Crippen molar-refractivity contribution in [3.8, 4) is 0 Å². The molecule has 3 heteroatoms. The van der Waals surface area contributed by atoms with Crippen LogP contribution in [0.2, 0.25) is 0 Å². The lowest BCUT2D eigenvalue weighted by Crippen LogP contribution is -2.53. The molecule has 0 unspecified atom stereocenters. The summed E-state index contributed by atoms with van der Waals surface area (Å²) >= 11 is 0. The van der Waals surface area contributed by atoms with Gasteiger partial charge >= 0.3 is 0 Å². The van der Waals surface area contributed by atoms with Crippen molar-refractivity contribution in [2.75, 3.05) is 13.2 Å². The van der Waals surface area contributed by atoms with Crippen LogP contribution in [0.25, 0.3) is 0 Å². The topological polar surface area (TPSA) is 46.5 Å². The predicted molar refractivity (Wildman–Crippen MR) is 110 cm³/mol. The molecular weight excluding hydrogens is 336 g/mol. The van der Waals surface area contributed by atoms with Gasteiger partial charge in [0.05, 0.1) is 5.60 Å². The maximum Gasteiger partial charge on any atom is 0.155 e. The average molecular weight is 377 g/mol. The normalized spacial score (nSPS) is 45.8. The summed E-state index contributed by atoms with van der Waals surface area (Å²) in [4.78, 5) is 11.8. The molecular formula is C24H40O3. The lowest BCUT2D eigenvalue weighted by Gasteiger charge is -2.58. The van der Waals surface area contributed by atoms with Crippen LogP contribution in [0.4, 0.5) is 0 Å². The molecule has 0 aromatic heterocycles. The fourth-order valence-corrected chi connectivity index (χ4v) is 7.01. The molecule has 3 fully saturated rings. The number of fused-ring (bicyclic) bond motifs is 5. The van der Waals surface area contributed by atoms with E-state index in [9.17, 15) is 9.90 Å². The van der Waals surface area contributed by atoms with Crippen LogP contribution < -0.4 is 0 Å². The van der Waals surface area contributed by atoms with Crippen molar-refractivity contribution < 1.29 is 14.6 Å². The summed E-state index contributed by atoms with van der Waals surface area (Å²) in [6, 6.07) is 0. The van der Waals surface area contributed by atoms with Gasteiger partial charge in [0.2, 0.25) is 0 Å². The van der Waals surface area contributed by atoms with Gasteiger partial charge < -0.3 is 9.84 Å². The average Bonchev–Trinajstić information content (AvgIpc) is 2.87. The molecule has 0 aromatic rings. The molecule has 4 rings (SSSR count). The molecule has 6 atom stereocenters. The van der Waals surface area contributed by atoms with Gasteiger partial charge in [-0.25, -0.2) is 0 Å². The van der Waals surface area contributed by atoms with Crippen molar-refractivity contribution >= 4 is 5.78 Å². The Morgan fingerprint density at radius 2 is 1.67 bits per heavy atom. The number of hydrogen-bond acceptors (Lipinski definition) is 3. The molecule has 0 spiro atoms. The van der Waals surface area contributed by atoms with E-state index in [2.05, 4.69) is 20.8 Å². The van der Waals surface area contributed by atoms with E-state index in [4.69, 9.17) is 4.74 Å². The van der Waals surface area contributed by atoms with Crippen molar-refractivity contribution in [2.24, 2.45) is 28.6 Å². The van der Waals surface area contributed by atoms with Crippen LogP contribution in [0.3, 0.4) is 0 Å². The Balaban J connectivity index is 0.000000376. The van der Waals surface area contributed by atoms with Gasteiger partial charge in [0.25, 0.3) is 0 Å². The van der Waals surface area contributed by atoms with Gasteiger partial charge in [-0.15, -0.1) is 0 Å².